The van der Waals surface area contributed by atoms with Crippen molar-refractivity contribution in [3.8, 4) is 5.75 Å². The second kappa shape index (κ2) is 10.1. The van der Waals surface area contributed by atoms with Gasteiger partial charge in [0, 0.05) is 43.5 Å². The third-order valence-corrected chi connectivity index (χ3v) is 7.77. The van der Waals surface area contributed by atoms with Crippen molar-refractivity contribution in [1.82, 2.24) is 9.80 Å². The van der Waals surface area contributed by atoms with Crippen molar-refractivity contribution in [1.29, 1.82) is 0 Å². The molecule has 5 rings (SSSR count). The molecule has 0 saturated carbocycles. The lowest BCUT2D eigenvalue weighted by molar-refractivity contribution is 0.0638. The highest BCUT2D eigenvalue weighted by Crippen LogP contribution is 2.24. The van der Waals surface area contributed by atoms with Crippen molar-refractivity contribution in [3.05, 3.63) is 87.1 Å². The summed E-state index contributed by atoms with van der Waals surface area (Å²) < 4.78 is 6.13. The first kappa shape index (κ1) is 22.2. The van der Waals surface area contributed by atoms with Gasteiger partial charge in [0.1, 0.15) is 5.75 Å². The molecule has 33 heavy (non-hydrogen) atoms. The van der Waals surface area contributed by atoms with Gasteiger partial charge in [-0.15, -0.1) is 11.3 Å². The van der Waals surface area contributed by atoms with Crippen LogP contribution < -0.4 is 4.74 Å². The first-order valence-corrected chi connectivity index (χ1v) is 12.8. The van der Waals surface area contributed by atoms with Crippen molar-refractivity contribution in [2.24, 2.45) is 5.92 Å². The summed E-state index contributed by atoms with van der Waals surface area (Å²) in [5.41, 5.74) is 4.27. The standard InChI is InChI=1S/C28H32N2O2S/c1-21-8-13-27(33-21)28(31)30-15-4-5-23(18-30)20-32-26-11-9-22(10-12-26)17-29-16-14-24-6-2-3-7-25(24)19-29/h2-3,6-13,23H,4-5,14-20H2,1H3. The normalized spacial score (nSPS) is 18.7. The van der Waals surface area contributed by atoms with Crippen molar-refractivity contribution < 1.29 is 9.53 Å². The van der Waals surface area contributed by atoms with Gasteiger partial charge >= 0.3 is 0 Å². The molecule has 0 N–H and O–H groups in total. The summed E-state index contributed by atoms with van der Waals surface area (Å²) in [6, 6.07) is 21.3. The first-order valence-electron chi connectivity index (χ1n) is 12.0. The fourth-order valence-corrected chi connectivity index (χ4v) is 5.78. The number of hydrogen-bond donors (Lipinski definition) is 0. The van der Waals surface area contributed by atoms with Crippen molar-refractivity contribution >= 4 is 17.2 Å². The molecule has 2 aliphatic heterocycles. The maximum atomic E-state index is 12.8. The van der Waals surface area contributed by atoms with E-state index in [0.717, 1.165) is 62.6 Å². The molecular formula is C28H32N2O2S. The molecule has 5 heteroatoms. The Kier molecular flexibility index (Phi) is 6.79. The molecule has 3 heterocycles. The summed E-state index contributed by atoms with van der Waals surface area (Å²) in [6.07, 6.45) is 3.29. The van der Waals surface area contributed by atoms with Gasteiger partial charge < -0.3 is 9.64 Å². The number of carbonyl (C=O) groups excluding carboxylic acids is 1. The van der Waals surface area contributed by atoms with Crippen LogP contribution in [-0.4, -0.2) is 41.9 Å². The Morgan fingerprint density at radius 1 is 1.03 bits per heavy atom. The minimum atomic E-state index is 0.169. The summed E-state index contributed by atoms with van der Waals surface area (Å²) in [6.45, 7) is 7.44. The molecular weight excluding hydrogens is 428 g/mol. The SMILES string of the molecule is Cc1ccc(C(=O)N2CCCC(COc3ccc(CN4CCc5ccccc5C4)cc3)C2)s1. The van der Waals surface area contributed by atoms with E-state index in [-0.39, 0.29) is 5.91 Å². The van der Waals surface area contributed by atoms with Crippen LogP contribution in [0.3, 0.4) is 0 Å². The van der Waals surface area contributed by atoms with Gasteiger partial charge in [0.2, 0.25) is 0 Å². The summed E-state index contributed by atoms with van der Waals surface area (Å²) in [7, 11) is 0. The van der Waals surface area contributed by atoms with E-state index >= 15 is 0 Å². The van der Waals surface area contributed by atoms with Crippen LogP contribution in [0.5, 0.6) is 5.75 Å². The molecule has 1 atom stereocenters. The minimum Gasteiger partial charge on any atom is -0.493 e. The van der Waals surface area contributed by atoms with Crippen LogP contribution in [0.4, 0.5) is 0 Å². The molecule has 2 aromatic carbocycles. The number of amides is 1. The smallest absolute Gasteiger partial charge is 0.263 e. The average Bonchev–Trinajstić information content (AvgIpc) is 3.29. The highest BCUT2D eigenvalue weighted by Gasteiger charge is 2.25. The number of ether oxygens (including phenoxy) is 1. The molecule has 0 spiro atoms. The van der Waals surface area contributed by atoms with E-state index in [1.54, 1.807) is 11.3 Å². The van der Waals surface area contributed by atoms with E-state index in [9.17, 15) is 4.79 Å². The Morgan fingerprint density at radius 2 is 1.85 bits per heavy atom. The van der Waals surface area contributed by atoms with E-state index < -0.39 is 0 Å². The summed E-state index contributed by atoms with van der Waals surface area (Å²) in [5, 5.41) is 0. The highest BCUT2D eigenvalue weighted by atomic mass is 32.1. The Hall–Kier alpha value is -2.63. The van der Waals surface area contributed by atoms with Gasteiger partial charge in [0.15, 0.2) is 0 Å². The van der Waals surface area contributed by atoms with Crippen LogP contribution >= 0.6 is 11.3 Å². The summed E-state index contributed by atoms with van der Waals surface area (Å²) >= 11 is 1.59. The van der Waals surface area contributed by atoms with Crippen LogP contribution in [0.1, 0.15) is 44.1 Å². The maximum absolute atomic E-state index is 12.8. The third-order valence-electron chi connectivity index (χ3n) is 6.78. The molecule has 1 unspecified atom stereocenters. The van der Waals surface area contributed by atoms with Crippen LogP contribution in [0, 0.1) is 12.8 Å². The second-order valence-electron chi connectivity index (χ2n) is 9.35. The zero-order valence-corrected chi connectivity index (χ0v) is 20.2. The molecule has 0 aliphatic carbocycles. The summed E-state index contributed by atoms with van der Waals surface area (Å²) in [4.78, 5) is 19.3. The van der Waals surface area contributed by atoms with Crippen molar-refractivity contribution in [2.75, 3.05) is 26.2 Å². The molecule has 1 saturated heterocycles. The average molecular weight is 461 g/mol. The molecule has 0 bridgehead atoms. The van der Waals surface area contributed by atoms with E-state index in [1.165, 1.54) is 21.6 Å². The topological polar surface area (TPSA) is 32.8 Å². The van der Waals surface area contributed by atoms with Crippen molar-refractivity contribution in [2.45, 2.75) is 39.3 Å². The zero-order valence-electron chi connectivity index (χ0n) is 19.3. The number of rotatable bonds is 6. The number of piperidine rings is 1. The van der Waals surface area contributed by atoms with Gasteiger partial charge in [-0.25, -0.2) is 0 Å². The molecule has 172 valence electrons. The molecule has 1 aromatic heterocycles. The van der Waals surface area contributed by atoms with E-state index in [2.05, 4.69) is 53.4 Å². The Balaban J connectivity index is 1.11. The van der Waals surface area contributed by atoms with Crippen LogP contribution in [-0.2, 0) is 19.5 Å². The maximum Gasteiger partial charge on any atom is 0.263 e. The van der Waals surface area contributed by atoms with Gasteiger partial charge in [-0.1, -0.05) is 36.4 Å². The van der Waals surface area contributed by atoms with Gasteiger partial charge in [0.05, 0.1) is 11.5 Å². The Morgan fingerprint density at radius 3 is 2.64 bits per heavy atom. The molecule has 1 fully saturated rings. The highest BCUT2D eigenvalue weighted by molar-refractivity contribution is 7.13. The first-order chi connectivity index (χ1) is 16.1. The number of benzene rings is 2. The number of fused-ring (bicyclic) bond motifs is 1. The van der Waals surface area contributed by atoms with Crippen LogP contribution in [0.2, 0.25) is 0 Å². The number of thiophene rings is 1. The predicted molar refractivity (Wildman–Crippen MR) is 134 cm³/mol. The number of nitrogens with zero attached hydrogens (tertiary/aromatic N) is 2. The fourth-order valence-electron chi connectivity index (χ4n) is 4.94. The van der Waals surface area contributed by atoms with Gasteiger partial charge in [0.25, 0.3) is 5.91 Å². The molecule has 0 radical (unpaired) electrons. The van der Waals surface area contributed by atoms with Gasteiger partial charge in [-0.2, -0.15) is 0 Å². The lowest BCUT2D eigenvalue weighted by Gasteiger charge is -2.32. The van der Waals surface area contributed by atoms with Gasteiger partial charge in [-0.3, -0.25) is 9.69 Å². The van der Waals surface area contributed by atoms with E-state index in [0.29, 0.717) is 12.5 Å². The van der Waals surface area contributed by atoms with Crippen LogP contribution in [0.25, 0.3) is 0 Å². The second-order valence-corrected chi connectivity index (χ2v) is 10.6. The third kappa shape index (κ3) is 5.48. The Labute approximate surface area is 200 Å². The Bertz CT molecular complexity index is 1090. The predicted octanol–water partition coefficient (Wildman–Crippen LogP) is 5.55. The molecule has 2 aliphatic rings. The van der Waals surface area contributed by atoms with Gasteiger partial charge in [-0.05, 0) is 67.1 Å². The zero-order chi connectivity index (χ0) is 22.6. The number of aryl methyl sites for hydroxylation is 1. The lowest BCUT2D eigenvalue weighted by Crippen LogP contribution is -2.41. The summed E-state index contributed by atoms with van der Waals surface area (Å²) in [5.74, 6) is 1.47. The van der Waals surface area contributed by atoms with Crippen LogP contribution in [0.15, 0.2) is 60.7 Å². The fraction of sp³-hybridized carbons (Fsp3) is 0.393. The van der Waals surface area contributed by atoms with Crippen molar-refractivity contribution in [3.63, 3.8) is 0 Å². The number of hydrogen-bond acceptors (Lipinski definition) is 4. The number of likely N-dealkylation sites (tertiary alicyclic amines) is 1. The molecule has 3 aromatic rings. The van der Waals surface area contributed by atoms with E-state index in [1.807, 2.05) is 24.0 Å². The quantitative estimate of drug-likeness (QED) is 0.484. The molecule has 1 amide bonds. The molecule has 4 nitrogen and oxygen atoms in total. The monoisotopic (exact) mass is 460 g/mol. The largest absolute Gasteiger partial charge is 0.493 e. The lowest BCUT2D eigenvalue weighted by atomic mass is 9.99. The van der Waals surface area contributed by atoms with E-state index in [4.69, 9.17) is 4.74 Å². The number of carbonyl (C=O) groups is 1. The minimum absolute atomic E-state index is 0.169.